The fourth-order valence-corrected chi connectivity index (χ4v) is 3.99. The van der Waals surface area contributed by atoms with Crippen LogP contribution in [0.2, 0.25) is 5.02 Å². The van der Waals surface area contributed by atoms with E-state index in [4.69, 9.17) is 11.6 Å². The Hall–Kier alpha value is -3.37. The zero-order chi connectivity index (χ0) is 22.0. The SMILES string of the molecule is Cc1ccc(/C(O)=C2\C(=O)C(=O)N(CCc3ccccc3)[C@@H]2c2ccc(Cl)cc2)cc1. The maximum Gasteiger partial charge on any atom is 0.295 e. The summed E-state index contributed by atoms with van der Waals surface area (Å²) in [5.41, 5.74) is 3.44. The second-order valence-electron chi connectivity index (χ2n) is 7.65. The van der Waals surface area contributed by atoms with Crippen LogP contribution in [0.4, 0.5) is 0 Å². The number of carbonyl (C=O) groups is 2. The van der Waals surface area contributed by atoms with Gasteiger partial charge in [0, 0.05) is 17.1 Å². The van der Waals surface area contributed by atoms with E-state index < -0.39 is 17.7 Å². The molecule has 0 radical (unpaired) electrons. The number of likely N-dealkylation sites (tertiary alicyclic amines) is 1. The maximum absolute atomic E-state index is 13.0. The molecule has 0 spiro atoms. The molecule has 0 saturated carbocycles. The summed E-state index contributed by atoms with van der Waals surface area (Å²) in [6, 6.07) is 23.4. The quantitative estimate of drug-likeness (QED) is 0.338. The Balaban J connectivity index is 1.78. The predicted octanol–water partition coefficient (Wildman–Crippen LogP) is 5.31. The van der Waals surface area contributed by atoms with Gasteiger partial charge in [-0.2, -0.15) is 0 Å². The number of benzene rings is 3. The third kappa shape index (κ3) is 4.25. The Labute approximate surface area is 186 Å². The van der Waals surface area contributed by atoms with Gasteiger partial charge in [0.15, 0.2) is 0 Å². The summed E-state index contributed by atoms with van der Waals surface area (Å²) in [5.74, 6) is -1.45. The van der Waals surface area contributed by atoms with Crippen LogP contribution in [-0.4, -0.2) is 28.2 Å². The summed E-state index contributed by atoms with van der Waals surface area (Å²) in [5, 5.41) is 11.6. The van der Waals surface area contributed by atoms with Crippen molar-refractivity contribution in [1.82, 2.24) is 4.90 Å². The van der Waals surface area contributed by atoms with Gasteiger partial charge in [-0.05, 0) is 36.6 Å². The Bertz CT molecular complexity index is 1140. The number of halogens is 1. The summed E-state index contributed by atoms with van der Waals surface area (Å²) in [4.78, 5) is 27.5. The fraction of sp³-hybridized carbons (Fsp3) is 0.154. The Morgan fingerprint density at radius 2 is 1.58 bits per heavy atom. The maximum atomic E-state index is 13.0. The van der Waals surface area contributed by atoms with Crippen LogP contribution in [0, 0.1) is 6.92 Å². The number of nitrogens with zero attached hydrogens (tertiary/aromatic N) is 1. The molecular formula is C26H22ClNO3. The number of aliphatic hydroxyl groups is 1. The highest BCUT2D eigenvalue weighted by Crippen LogP contribution is 2.39. The van der Waals surface area contributed by atoms with Gasteiger partial charge in [-0.25, -0.2) is 0 Å². The van der Waals surface area contributed by atoms with Gasteiger partial charge in [0.1, 0.15) is 5.76 Å². The summed E-state index contributed by atoms with van der Waals surface area (Å²) < 4.78 is 0. The molecule has 0 aromatic heterocycles. The number of ketones is 1. The summed E-state index contributed by atoms with van der Waals surface area (Å²) >= 11 is 6.05. The highest BCUT2D eigenvalue weighted by atomic mass is 35.5. The van der Waals surface area contributed by atoms with E-state index in [1.165, 1.54) is 4.90 Å². The molecule has 1 N–H and O–H groups in total. The minimum absolute atomic E-state index is 0.101. The lowest BCUT2D eigenvalue weighted by atomic mass is 9.95. The molecule has 4 nitrogen and oxygen atoms in total. The number of hydrogen-bond donors (Lipinski definition) is 1. The molecule has 1 atom stereocenters. The van der Waals surface area contributed by atoms with Crippen molar-refractivity contribution in [2.24, 2.45) is 0 Å². The van der Waals surface area contributed by atoms with Crippen LogP contribution in [0.1, 0.15) is 28.3 Å². The minimum atomic E-state index is -0.678. The van der Waals surface area contributed by atoms with Crippen molar-refractivity contribution in [3.05, 3.63) is 112 Å². The lowest BCUT2D eigenvalue weighted by Gasteiger charge is -2.25. The number of amides is 1. The lowest BCUT2D eigenvalue weighted by molar-refractivity contribution is -0.139. The first-order valence-electron chi connectivity index (χ1n) is 10.1. The van der Waals surface area contributed by atoms with Crippen LogP contribution in [-0.2, 0) is 16.0 Å². The van der Waals surface area contributed by atoms with Crippen molar-refractivity contribution >= 4 is 29.1 Å². The van der Waals surface area contributed by atoms with Gasteiger partial charge in [-0.3, -0.25) is 9.59 Å². The van der Waals surface area contributed by atoms with Gasteiger partial charge < -0.3 is 10.0 Å². The van der Waals surface area contributed by atoms with Gasteiger partial charge in [0.2, 0.25) is 0 Å². The first-order chi connectivity index (χ1) is 15.0. The van der Waals surface area contributed by atoms with E-state index in [0.29, 0.717) is 23.6 Å². The normalized spacial score (nSPS) is 17.9. The molecule has 3 aromatic rings. The van der Waals surface area contributed by atoms with Crippen LogP contribution in [0.15, 0.2) is 84.4 Å². The first-order valence-corrected chi connectivity index (χ1v) is 10.5. The van der Waals surface area contributed by atoms with E-state index in [9.17, 15) is 14.7 Å². The van der Waals surface area contributed by atoms with Gasteiger partial charge in [-0.1, -0.05) is 83.9 Å². The summed E-state index contributed by atoms with van der Waals surface area (Å²) in [6.07, 6.45) is 0.600. The molecule has 1 fully saturated rings. The van der Waals surface area contributed by atoms with Crippen molar-refractivity contribution in [1.29, 1.82) is 0 Å². The molecular weight excluding hydrogens is 410 g/mol. The van der Waals surface area contributed by atoms with Crippen LogP contribution in [0.3, 0.4) is 0 Å². The van der Waals surface area contributed by atoms with Crippen molar-refractivity contribution in [3.63, 3.8) is 0 Å². The van der Waals surface area contributed by atoms with Gasteiger partial charge in [0.05, 0.1) is 11.6 Å². The molecule has 0 unspecified atom stereocenters. The van der Waals surface area contributed by atoms with Crippen molar-refractivity contribution < 1.29 is 14.7 Å². The number of carbonyl (C=O) groups excluding carboxylic acids is 2. The van der Waals surface area contributed by atoms with E-state index in [-0.39, 0.29) is 11.3 Å². The number of aliphatic hydroxyl groups excluding tert-OH is 1. The van der Waals surface area contributed by atoms with E-state index in [1.807, 2.05) is 49.4 Å². The average molecular weight is 432 g/mol. The number of rotatable bonds is 5. The van der Waals surface area contributed by atoms with Crippen LogP contribution in [0.25, 0.3) is 5.76 Å². The second-order valence-corrected chi connectivity index (χ2v) is 8.08. The average Bonchev–Trinajstić information content (AvgIpc) is 3.04. The molecule has 1 saturated heterocycles. The van der Waals surface area contributed by atoms with Crippen molar-refractivity contribution in [2.75, 3.05) is 6.54 Å². The molecule has 0 bridgehead atoms. The number of aryl methyl sites for hydroxylation is 1. The van der Waals surface area contributed by atoms with Crippen LogP contribution in [0.5, 0.6) is 0 Å². The smallest absolute Gasteiger partial charge is 0.295 e. The van der Waals surface area contributed by atoms with Crippen molar-refractivity contribution in [2.45, 2.75) is 19.4 Å². The Morgan fingerprint density at radius 3 is 2.23 bits per heavy atom. The van der Waals surface area contributed by atoms with Gasteiger partial charge in [-0.15, -0.1) is 0 Å². The zero-order valence-corrected chi connectivity index (χ0v) is 17.8. The molecule has 1 aliphatic rings. The topological polar surface area (TPSA) is 57.6 Å². The highest BCUT2D eigenvalue weighted by Gasteiger charge is 2.45. The van der Waals surface area contributed by atoms with E-state index in [2.05, 4.69) is 0 Å². The molecule has 3 aromatic carbocycles. The molecule has 1 amide bonds. The van der Waals surface area contributed by atoms with E-state index >= 15 is 0 Å². The molecule has 156 valence electrons. The number of hydrogen-bond acceptors (Lipinski definition) is 3. The minimum Gasteiger partial charge on any atom is -0.507 e. The van der Waals surface area contributed by atoms with Crippen LogP contribution >= 0.6 is 11.6 Å². The molecule has 5 heteroatoms. The molecule has 1 aliphatic heterocycles. The lowest BCUT2D eigenvalue weighted by Crippen LogP contribution is -2.31. The Morgan fingerprint density at radius 1 is 0.935 bits per heavy atom. The molecule has 4 rings (SSSR count). The first kappa shape index (κ1) is 20.9. The van der Waals surface area contributed by atoms with Gasteiger partial charge >= 0.3 is 0 Å². The molecule has 1 heterocycles. The largest absolute Gasteiger partial charge is 0.507 e. The third-order valence-corrected chi connectivity index (χ3v) is 5.79. The molecule has 31 heavy (non-hydrogen) atoms. The zero-order valence-electron chi connectivity index (χ0n) is 17.1. The summed E-state index contributed by atoms with van der Waals surface area (Å²) in [7, 11) is 0. The number of Topliss-reactive ketones (excluding diaryl/α,β-unsaturated/α-hetero) is 1. The molecule has 0 aliphatic carbocycles. The third-order valence-electron chi connectivity index (χ3n) is 5.53. The summed E-state index contributed by atoms with van der Waals surface area (Å²) in [6.45, 7) is 2.30. The standard InChI is InChI=1S/C26H22ClNO3/c1-17-7-9-20(10-8-17)24(29)22-23(19-11-13-21(27)14-12-19)28(26(31)25(22)30)16-15-18-5-3-2-4-6-18/h2-14,23,29H,15-16H2,1H3/b24-22+/t23-/m1/s1. The monoisotopic (exact) mass is 431 g/mol. The van der Waals surface area contributed by atoms with E-state index in [0.717, 1.165) is 16.7 Å². The van der Waals surface area contributed by atoms with Crippen LogP contribution < -0.4 is 0 Å². The van der Waals surface area contributed by atoms with E-state index in [1.54, 1.807) is 36.4 Å². The second kappa shape index (κ2) is 8.78. The fourth-order valence-electron chi connectivity index (χ4n) is 3.86. The Kier molecular flexibility index (Phi) is 5.92. The van der Waals surface area contributed by atoms with Gasteiger partial charge in [0.25, 0.3) is 11.7 Å². The predicted molar refractivity (Wildman–Crippen MR) is 122 cm³/mol. The highest BCUT2D eigenvalue weighted by molar-refractivity contribution is 6.46. The van der Waals surface area contributed by atoms with Crippen molar-refractivity contribution in [3.8, 4) is 0 Å².